The van der Waals surface area contributed by atoms with E-state index in [1.54, 1.807) is 6.07 Å². The maximum absolute atomic E-state index is 12.2. The predicted molar refractivity (Wildman–Crippen MR) is 86.6 cm³/mol. The Morgan fingerprint density at radius 3 is 2.43 bits per heavy atom. The molecule has 0 unspecified atom stereocenters. The van der Waals surface area contributed by atoms with E-state index in [0.717, 1.165) is 16.7 Å². The van der Waals surface area contributed by atoms with Gasteiger partial charge in [-0.2, -0.15) is 0 Å². The van der Waals surface area contributed by atoms with Crippen LogP contribution in [0.4, 0.5) is 5.69 Å². The fourth-order valence-corrected chi connectivity index (χ4v) is 3.18. The maximum Gasteiger partial charge on any atom is 0.233 e. The van der Waals surface area contributed by atoms with Crippen LogP contribution in [-0.4, -0.2) is 14.2 Å². The minimum atomic E-state index is -3.37. The van der Waals surface area contributed by atoms with E-state index in [-0.39, 0.29) is 5.75 Å². The summed E-state index contributed by atoms with van der Waals surface area (Å²) in [5, 5.41) is 0. The van der Waals surface area contributed by atoms with E-state index >= 15 is 0 Å². The summed E-state index contributed by atoms with van der Waals surface area (Å²) in [5.74, 6) is 0.0588. The quantitative estimate of drug-likeness (QED) is 0.861. The first kappa shape index (κ1) is 15.5. The van der Waals surface area contributed by atoms with E-state index in [0.29, 0.717) is 18.7 Å². The van der Waals surface area contributed by atoms with Crippen molar-refractivity contribution in [1.29, 1.82) is 0 Å². The number of anilines is 1. The summed E-state index contributed by atoms with van der Waals surface area (Å²) in [7, 11) is -3.37. The van der Waals surface area contributed by atoms with Crippen LogP contribution < -0.4 is 10.5 Å². The Morgan fingerprint density at radius 1 is 1.05 bits per heavy atom. The zero-order valence-electron chi connectivity index (χ0n) is 12.0. The highest BCUT2D eigenvalue weighted by Gasteiger charge is 2.12. The molecule has 0 amide bonds. The number of benzene rings is 2. The second-order valence-corrected chi connectivity index (χ2v) is 6.85. The van der Waals surface area contributed by atoms with Crippen LogP contribution in [-0.2, 0) is 23.0 Å². The van der Waals surface area contributed by atoms with E-state index < -0.39 is 10.0 Å². The molecule has 0 fully saturated rings. The smallest absolute Gasteiger partial charge is 0.233 e. The summed E-state index contributed by atoms with van der Waals surface area (Å²) in [6, 6.07) is 15.1. The van der Waals surface area contributed by atoms with Crippen molar-refractivity contribution in [2.75, 3.05) is 10.5 Å². The van der Waals surface area contributed by atoms with Gasteiger partial charge in [-0.1, -0.05) is 42.5 Å². The lowest BCUT2D eigenvalue weighted by molar-refractivity contribution is 0.600. The second kappa shape index (κ2) is 6.74. The molecule has 2 aromatic rings. The van der Waals surface area contributed by atoms with Crippen molar-refractivity contribution in [2.45, 2.75) is 19.9 Å². The summed E-state index contributed by atoms with van der Waals surface area (Å²) in [5.41, 5.74) is 8.99. The number of nitrogens with one attached hydrogen (secondary N) is 1. The molecule has 0 atom stereocenters. The van der Waals surface area contributed by atoms with Crippen molar-refractivity contribution >= 4 is 15.7 Å². The Morgan fingerprint density at radius 2 is 1.76 bits per heavy atom. The van der Waals surface area contributed by atoms with Crippen LogP contribution in [0.5, 0.6) is 0 Å². The van der Waals surface area contributed by atoms with Gasteiger partial charge in [0, 0.05) is 6.54 Å². The van der Waals surface area contributed by atoms with Crippen LogP contribution >= 0.6 is 0 Å². The average molecular weight is 304 g/mol. The van der Waals surface area contributed by atoms with E-state index in [4.69, 9.17) is 5.73 Å². The minimum Gasteiger partial charge on any atom is -0.326 e. The Labute approximate surface area is 126 Å². The van der Waals surface area contributed by atoms with Gasteiger partial charge < -0.3 is 5.73 Å². The minimum absolute atomic E-state index is 0.0588. The third-order valence-electron chi connectivity index (χ3n) is 3.31. The predicted octanol–water partition coefficient (Wildman–Crippen LogP) is 2.44. The highest BCUT2D eigenvalue weighted by atomic mass is 32.2. The van der Waals surface area contributed by atoms with E-state index in [1.165, 1.54) is 0 Å². The molecule has 0 aliphatic carbocycles. The zero-order chi connectivity index (χ0) is 15.3. The van der Waals surface area contributed by atoms with Gasteiger partial charge in [-0.15, -0.1) is 0 Å². The molecule has 0 bridgehead atoms. The van der Waals surface area contributed by atoms with E-state index in [1.807, 2.05) is 49.4 Å². The molecule has 0 aromatic heterocycles. The molecule has 0 saturated heterocycles. The normalized spacial score (nSPS) is 11.3. The molecule has 112 valence electrons. The van der Waals surface area contributed by atoms with Gasteiger partial charge in [-0.05, 0) is 36.1 Å². The summed E-state index contributed by atoms with van der Waals surface area (Å²) in [6.45, 7) is 2.26. The third-order valence-corrected chi connectivity index (χ3v) is 4.58. The molecule has 4 nitrogen and oxygen atoms in total. The standard InChI is InChI=1S/C16H20N2O2S/c1-13-7-8-15(12-17)11-16(13)18-21(19,20)10-9-14-5-3-2-4-6-14/h2-8,11,18H,9-10,12,17H2,1H3. The van der Waals surface area contributed by atoms with Gasteiger partial charge in [-0.25, -0.2) is 8.42 Å². The van der Waals surface area contributed by atoms with Crippen molar-refractivity contribution in [3.63, 3.8) is 0 Å². The molecule has 3 N–H and O–H groups in total. The number of sulfonamides is 1. The highest BCUT2D eigenvalue weighted by molar-refractivity contribution is 7.92. The summed E-state index contributed by atoms with van der Waals surface area (Å²) in [4.78, 5) is 0. The molecule has 0 aliphatic heterocycles. The molecule has 0 aliphatic rings. The molecule has 0 heterocycles. The molecule has 2 rings (SSSR count). The van der Waals surface area contributed by atoms with Crippen LogP contribution in [0.25, 0.3) is 0 Å². The third kappa shape index (κ3) is 4.58. The van der Waals surface area contributed by atoms with Crippen molar-refractivity contribution in [1.82, 2.24) is 0 Å². The van der Waals surface area contributed by atoms with Crippen molar-refractivity contribution in [3.8, 4) is 0 Å². The molecule has 2 aromatic carbocycles. The van der Waals surface area contributed by atoms with E-state index in [9.17, 15) is 8.42 Å². The molecule has 21 heavy (non-hydrogen) atoms. The van der Waals surface area contributed by atoms with Crippen LogP contribution in [0.1, 0.15) is 16.7 Å². The van der Waals surface area contributed by atoms with E-state index in [2.05, 4.69) is 4.72 Å². The lowest BCUT2D eigenvalue weighted by atomic mass is 10.1. The van der Waals surface area contributed by atoms with Gasteiger partial charge in [0.1, 0.15) is 0 Å². The molecule has 0 radical (unpaired) electrons. The van der Waals surface area contributed by atoms with Crippen molar-refractivity contribution < 1.29 is 8.42 Å². The molecule has 0 saturated carbocycles. The molecule has 0 spiro atoms. The highest BCUT2D eigenvalue weighted by Crippen LogP contribution is 2.18. The Kier molecular flexibility index (Phi) is 4.98. The average Bonchev–Trinajstić information content (AvgIpc) is 2.48. The van der Waals surface area contributed by atoms with Gasteiger partial charge in [-0.3, -0.25) is 4.72 Å². The van der Waals surface area contributed by atoms with Gasteiger partial charge in [0.05, 0.1) is 11.4 Å². The fourth-order valence-electron chi connectivity index (χ4n) is 2.02. The first-order chi connectivity index (χ1) is 10.00. The van der Waals surface area contributed by atoms with Gasteiger partial charge in [0.2, 0.25) is 10.0 Å². The maximum atomic E-state index is 12.2. The largest absolute Gasteiger partial charge is 0.326 e. The number of hydrogen-bond donors (Lipinski definition) is 2. The summed E-state index contributed by atoms with van der Waals surface area (Å²) >= 11 is 0. The van der Waals surface area contributed by atoms with Crippen molar-refractivity contribution in [3.05, 3.63) is 65.2 Å². The van der Waals surface area contributed by atoms with Crippen LogP contribution in [0.15, 0.2) is 48.5 Å². The number of aryl methyl sites for hydroxylation is 2. The van der Waals surface area contributed by atoms with Gasteiger partial charge >= 0.3 is 0 Å². The number of hydrogen-bond acceptors (Lipinski definition) is 3. The summed E-state index contributed by atoms with van der Waals surface area (Å²) < 4.78 is 27.0. The lowest BCUT2D eigenvalue weighted by Gasteiger charge is -2.12. The monoisotopic (exact) mass is 304 g/mol. The van der Waals surface area contributed by atoms with Gasteiger partial charge in [0.15, 0.2) is 0 Å². The number of rotatable bonds is 6. The van der Waals surface area contributed by atoms with Crippen LogP contribution in [0.3, 0.4) is 0 Å². The Hall–Kier alpha value is -1.85. The number of nitrogens with two attached hydrogens (primary N) is 1. The Balaban J connectivity index is 2.07. The first-order valence-electron chi connectivity index (χ1n) is 6.84. The van der Waals surface area contributed by atoms with Crippen molar-refractivity contribution in [2.24, 2.45) is 5.73 Å². The zero-order valence-corrected chi connectivity index (χ0v) is 12.9. The second-order valence-electron chi connectivity index (χ2n) is 5.01. The molecular weight excluding hydrogens is 284 g/mol. The van der Waals surface area contributed by atoms with Gasteiger partial charge in [0.25, 0.3) is 0 Å². The van der Waals surface area contributed by atoms with Crippen LogP contribution in [0.2, 0.25) is 0 Å². The Bertz CT molecular complexity index is 697. The fraction of sp³-hybridized carbons (Fsp3) is 0.250. The van der Waals surface area contributed by atoms with Crippen LogP contribution in [0, 0.1) is 6.92 Å². The SMILES string of the molecule is Cc1ccc(CN)cc1NS(=O)(=O)CCc1ccccc1. The molecule has 5 heteroatoms. The molecular formula is C16H20N2O2S. The first-order valence-corrected chi connectivity index (χ1v) is 8.49. The topological polar surface area (TPSA) is 72.2 Å². The summed E-state index contributed by atoms with van der Waals surface area (Å²) in [6.07, 6.45) is 0.492. The lowest BCUT2D eigenvalue weighted by Crippen LogP contribution is -2.19.